The van der Waals surface area contributed by atoms with Gasteiger partial charge in [-0.05, 0) is 38.5 Å². The van der Waals surface area contributed by atoms with Gasteiger partial charge in [0.1, 0.15) is 0 Å². The molecule has 0 saturated heterocycles. The van der Waals surface area contributed by atoms with Gasteiger partial charge < -0.3 is 16.2 Å². The lowest BCUT2D eigenvalue weighted by atomic mass is 10.0. The SMILES string of the molecule is CC(C)(CCO)Nc1cccc(N)c1. The highest BCUT2D eigenvalue weighted by Crippen LogP contribution is 2.19. The van der Waals surface area contributed by atoms with Crippen LogP contribution in [0.2, 0.25) is 0 Å². The lowest BCUT2D eigenvalue weighted by molar-refractivity contribution is 0.261. The van der Waals surface area contributed by atoms with Crippen LogP contribution in [0, 0.1) is 0 Å². The number of nitrogens with two attached hydrogens (primary N) is 1. The zero-order valence-corrected chi connectivity index (χ0v) is 8.75. The third kappa shape index (κ3) is 3.26. The van der Waals surface area contributed by atoms with Gasteiger partial charge in [0.05, 0.1) is 0 Å². The summed E-state index contributed by atoms with van der Waals surface area (Å²) in [5.41, 5.74) is 7.29. The standard InChI is InChI=1S/C11H18N2O/c1-11(2,6-7-14)13-10-5-3-4-9(12)8-10/h3-5,8,13-14H,6-7,12H2,1-2H3. The average molecular weight is 194 g/mol. The van der Waals surface area contributed by atoms with Crippen molar-refractivity contribution >= 4 is 11.4 Å². The Hall–Kier alpha value is -1.22. The quantitative estimate of drug-likeness (QED) is 0.641. The fraction of sp³-hybridized carbons (Fsp3) is 0.455. The minimum Gasteiger partial charge on any atom is -0.399 e. The van der Waals surface area contributed by atoms with Crippen molar-refractivity contribution < 1.29 is 5.11 Å². The molecule has 4 N–H and O–H groups in total. The molecule has 3 nitrogen and oxygen atoms in total. The lowest BCUT2D eigenvalue weighted by Crippen LogP contribution is -2.31. The maximum atomic E-state index is 8.87. The molecule has 78 valence electrons. The molecule has 0 heterocycles. The number of anilines is 2. The van der Waals surface area contributed by atoms with Crippen molar-refractivity contribution in [1.82, 2.24) is 0 Å². The third-order valence-corrected chi connectivity index (χ3v) is 2.11. The molecule has 0 amide bonds. The van der Waals surface area contributed by atoms with Crippen LogP contribution in [-0.2, 0) is 0 Å². The van der Waals surface area contributed by atoms with E-state index in [4.69, 9.17) is 10.8 Å². The van der Waals surface area contributed by atoms with Gasteiger partial charge in [0.15, 0.2) is 0 Å². The molecular weight excluding hydrogens is 176 g/mol. The topological polar surface area (TPSA) is 58.3 Å². The number of aliphatic hydroxyl groups is 1. The van der Waals surface area contributed by atoms with Crippen LogP contribution in [0.5, 0.6) is 0 Å². The zero-order valence-electron chi connectivity index (χ0n) is 8.75. The van der Waals surface area contributed by atoms with Crippen LogP contribution in [0.4, 0.5) is 11.4 Å². The van der Waals surface area contributed by atoms with Gasteiger partial charge in [0.25, 0.3) is 0 Å². The second-order valence-corrected chi connectivity index (χ2v) is 4.11. The van der Waals surface area contributed by atoms with Gasteiger partial charge in [-0.25, -0.2) is 0 Å². The molecule has 0 aliphatic carbocycles. The summed E-state index contributed by atoms with van der Waals surface area (Å²) in [5.74, 6) is 0. The first-order valence-electron chi connectivity index (χ1n) is 4.78. The van der Waals surface area contributed by atoms with E-state index in [9.17, 15) is 0 Å². The first-order valence-corrected chi connectivity index (χ1v) is 4.78. The van der Waals surface area contributed by atoms with Crippen LogP contribution in [0.3, 0.4) is 0 Å². The molecule has 0 fully saturated rings. The molecule has 0 bridgehead atoms. The van der Waals surface area contributed by atoms with Gasteiger partial charge >= 0.3 is 0 Å². The minimum atomic E-state index is -0.109. The lowest BCUT2D eigenvalue weighted by Gasteiger charge is -2.26. The van der Waals surface area contributed by atoms with E-state index in [0.717, 1.165) is 11.4 Å². The second-order valence-electron chi connectivity index (χ2n) is 4.11. The summed E-state index contributed by atoms with van der Waals surface area (Å²) in [7, 11) is 0. The highest BCUT2D eigenvalue weighted by molar-refractivity contribution is 5.55. The molecule has 1 aromatic rings. The zero-order chi connectivity index (χ0) is 10.6. The predicted octanol–water partition coefficient (Wildman–Crippen LogP) is 1.84. The fourth-order valence-electron chi connectivity index (χ4n) is 1.35. The predicted molar refractivity (Wildman–Crippen MR) is 60.3 cm³/mol. The number of aliphatic hydroxyl groups excluding tert-OH is 1. The van der Waals surface area contributed by atoms with Crippen LogP contribution in [-0.4, -0.2) is 17.3 Å². The van der Waals surface area contributed by atoms with Gasteiger partial charge in [-0.1, -0.05) is 6.07 Å². The van der Waals surface area contributed by atoms with Crippen molar-refractivity contribution in [1.29, 1.82) is 0 Å². The number of hydrogen-bond acceptors (Lipinski definition) is 3. The Labute approximate surface area is 84.9 Å². The molecular formula is C11H18N2O. The molecule has 0 aliphatic heterocycles. The first kappa shape index (κ1) is 10.9. The molecule has 1 rings (SSSR count). The Bertz CT molecular complexity index is 297. The van der Waals surface area contributed by atoms with E-state index in [2.05, 4.69) is 5.32 Å². The van der Waals surface area contributed by atoms with Crippen molar-refractivity contribution in [2.75, 3.05) is 17.7 Å². The second kappa shape index (κ2) is 4.33. The normalized spacial score (nSPS) is 11.4. The Kier molecular flexibility index (Phi) is 3.36. The third-order valence-electron chi connectivity index (χ3n) is 2.11. The Morgan fingerprint density at radius 3 is 2.71 bits per heavy atom. The molecule has 0 saturated carbocycles. The van der Waals surface area contributed by atoms with Gasteiger partial charge in [-0.15, -0.1) is 0 Å². The molecule has 0 radical (unpaired) electrons. The maximum absolute atomic E-state index is 8.87. The van der Waals surface area contributed by atoms with Gasteiger partial charge in [0.2, 0.25) is 0 Å². The molecule has 1 aromatic carbocycles. The molecule has 0 aromatic heterocycles. The van der Waals surface area contributed by atoms with E-state index in [1.165, 1.54) is 0 Å². The van der Waals surface area contributed by atoms with E-state index < -0.39 is 0 Å². The van der Waals surface area contributed by atoms with Crippen molar-refractivity contribution in [3.63, 3.8) is 0 Å². The molecule has 0 atom stereocenters. The van der Waals surface area contributed by atoms with Crippen LogP contribution >= 0.6 is 0 Å². The summed E-state index contributed by atoms with van der Waals surface area (Å²) in [6.45, 7) is 4.28. The summed E-state index contributed by atoms with van der Waals surface area (Å²) in [5, 5.41) is 12.2. The average Bonchev–Trinajstić information content (AvgIpc) is 2.02. The van der Waals surface area contributed by atoms with E-state index >= 15 is 0 Å². The number of hydrogen-bond donors (Lipinski definition) is 3. The van der Waals surface area contributed by atoms with Crippen molar-refractivity contribution in [3.8, 4) is 0 Å². The maximum Gasteiger partial charge on any atom is 0.0453 e. The highest BCUT2D eigenvalue weighted by Gasteiger charge is 2.15. The van der Waals surface area contributed by atoms with Gasteiger partial charge in [-0.3, -0.25) is 0 Å². The van der Waals surface area contributed by atoms with Crippen LogP contribution in [0.1, 0.15) is 20.3 Å². The Balaban J connectivity index is 2.68. The summed E-state index contributed by atoms with van der Waals surface area (Å²) in [6.07, 6.45) is 0.710. The summed E-state index contributed by atoms with van der Waals surface area (Å²) >= 11 is 0. The summed E-state index contributed by atoms with van der Waals surface area (Å²) in [6, 6.07) is 7.62. The number of nitrogens with one attached hydrogen (secondary N) is 1. The number of nitrogen functional groups attached to an aromatic ring is 1. The van der Waals surface area contributed by atoms with E-state index in [-0.39, 0.29) is 12.1 Å². The monoisotopic (exact) mass is 194 g/mol. The van der Waals surface area contributed by atoms with E-state index in [1.807, 2.05) is 38.1 Å². The van der Waals surface area contributed by atoms with Gasteiger partial charge in [0, 0.05) is 23.5 Å². The first-order chi connectivity index (χ1) is 6.53. The Morgan fingerprint density at radius 1 is 1.43 bits per heavy atom. The summed E-state index contributed by atoms with van der Waals surface area (Å²) in [4.78, 5) is 0. The molecule has 14 heavy (non-hydrogen) atoms. The highest BCUT2D eigenvalue weighted by atomic mass is 16.3. The van der Waals surface area contributed by atoms with Crippen molar-refractivity contribution in [3.05, 3.63) is 24.3 Å². The van der Waals surface area contributed by atoms with Crippen molar-refractivity contribution in [2.45, 2.75) is 25.8 Å². The number of benzene rings is 1. The minimum absolute atomic E-state index is 0.109. The number of rotatable bonds is 4. The largest absolute Gasteiger partial charge is 0.399 e. The van der Waals surface area contributed by atoms with E-state index in [1.54, 1.807) is 0 Å². The molecule has 0 unspecified atom stereocenters. The fourth-order valence-corrected chi connectivity index (χ4v) is 1.35. The van der Waals surface area contributed by atoms with Crippen LogP contribution in [0.15, 0.2) is 24.3 Å². The van der Waals surface area contributed by atoms with Crippen molar-refractivity contribution in [2.24, 2.45) is 0 Å². The molecule has 0 aliphatic rings. The smallest absolute Gasteiger partial charge is 0.0453 e. The summed E-state index contributed by atoms with van der Waals surface area (Å²) < 4.78 is 0. The van der Waals surface area contributed by atoms with Crippen LogP contribution in [0.25, 0.3) is 0 Å². The van der Waals surface area contributed by atoms with Gasteiger partial charge in [-0.2, -0.15) is 0 Å². The molecule has 3 heteroatoms. The van der Waals surface area contributed by atoms with Crippen LogP contribution < -0.4 is 11.1 Å². The molecule has 0 spiro atoms. The van der Waals surface area contributed by atoms with E-state index in [0.29, 0.717) is 6.42 Å². The Morgan fingerprint density at radius 2 is 2.14 bits per heavy atom.